The largest absolute Gasteiger partial charge is 0.478 e. The molecule has 1 N–H and O–H groups in total. The molecule has 1 aromatic carbocycles. The first kappa shape index (κ1) is 29.3. The fourth-order valence-corrected chi connectivity index (χ4v) is 7.11. The second kappa shape index (κ2) is 10.4. The molecule has 0 unspecified atom stereocenters. The number of hydrogen-bond acceptors (Lipinski definition) is 7. The van der Waals surface area contributed by atoms with Crippen LogP contribution in [0.4, 0.5) is 21.6 Å². The van der Waals surface area contributed by atoms with Gasteiger partial charge in [-0.1, -0.05) is 11.6 Å². The summed E-state index contributed by atoms with van der Waals surface area (Å²) in [6.07, 6.45) is 1.64. The van der Waals surface area contributed by atoms with Crippen molar-refractivity contribution in [2.24, 2.45) is 0 Å². The van der Waals surface area contributed by atoms with Gasteiger partial charge in [-0.05, 0) is 82.5 Å². The smallest absolute Gasteiger partial charge is 0.337 e. The topological polar surface area (TPSA) is 99.1 Å². The third kappa shape index (κ3) is 4.90. The number of aryl methyl sites for hydroxylation is 2. The molecule has 11 heteroatoms. The number of halogens is 2. The first-order valence-corrected chi connectivity index (χ1v) is 14.8. The number of amides is 1. The molecule has 0 radical (unpaired) electrons. The molecule has 0 atom stereocenters. The zero-order valence-corrected chi connectivity index (χ0v) is 25.7. The number of piperazine rings is 1. The molecular formula is C32H35ClFN5O4. The van der Waals surface area contributed by atoms with E-state index >= 15 is 0 Å². The minimum atomic E-state index is -0.989. The summed E-state index contributed by atoms with van der Waals surface area (Å²) in [5.74, 6) is -0.919. The molecule has 3 aromatic rings. The van der Waals surface area contributed by atoms with Gasteiger partial charge >= 0.3 is 5.97 Å². The predicted octanol–water partition coefficient (Wildman–Crippen LogP) is 5.52. The van der Waals surface area contributed by atoms with E-state index in [4.69, 9.17) is 21.3 Å². The number of anilines is 3. The minimum Gasteiger partial charge on any atom is -0.478 e. The molecule has 2 aromatic heterocycles. The number of carbonyl (C=O) groups is 2. The van der Waals surface area contributed by atoms with E-state index < -0.39 is 17.3 Å². The molecule has 2 aliphatic heterocycles. The second-order valence-electron chi connectivity index (χ2n) is 12.5. The summed E-state index contributed by atoms with van der Waals surface area (Å²) in [5.41, 5.74) is 3.27. The van der Waals surface area contributed by atoms with Crippen molar-refractivity contribution in [1.82, 2.24) is 14.9 Å². The number of carboxylic acids is 1. The molecule has 2 fully saturated rings. The Morgan fingerprint density at radius 3 is 2.44 bits per heavy atom. The number of methoxy groups -OCH3 is 1. The van der Waals surface area contributed by atoms with E-state index in [2.05, 4.69) is 14.8 Å². The number of benzene rings is 1. The normalized spacial score (nSPS) is 22.5. The molecule has 1 amide bonds. The van der Waals surface area contributed by atoms with Gasteiger partial charge in [0.1, 0.15) is 17.3 Å². The number of carboxylic acid groups (broad SMARTS) is 1. The molecule has 1 saturated heterocycles. The average molecular weight is 608 g/mol. The van der Waals surface area contributed by atoms with Crippen LogP contribution in [0.5, 0.6) is 0 Å². The lowest BCUT2D eigenvalue weighted by Crippen LogP contribution is -2.61. The van der Waals surface area contributed by atoms with Crippen molar-refractivity contribution in [2.45, 2.75) is 57.6 Å². The molecule has 1 aliphatic carbocycles. The van der Waals surface area contributed by atoms with Crippen molar-refractivity contribution in [1.29, 1.82) is 0 Å². The Balaban J connectivity index is 1.27. The predicted molar refractivity (Wildman–Crippen MR) is 162 cm³/mol. The Bertz CT molecular complexity index is 1620. The molecule has 6 rings (SSSR count). The molecule has 0 bridgehead atoms. The van der Waals surface area contributed by atoms with Gasteiger partial charge in [0.25, 0.3) is 5.91 Å². The molecule has 226 valence electrons. The summed E-state index contributed by atoms with van der Waals surface area (Å²) in [6, 6.07) is 10.3. The summed E-state index contributed by atoms with van der Waals surface area (Å²) in [7, 11) is 1.70. The Morgan fingerprint density at radius 2 is 1.81 bits per heavy atom. The maximum absolute atomic E-state index is 14.4. The number of aromatic carboxylic acids is 1. The number of rotatable bonds is 5. The quantitative estimate of drug-likeness (QED) is 0.405. The number of pyridine rings is 2. The Hall–Kier alpha value is -3.76. The van der Waals surface area contributed by atoms with Crippen molar-refractivity contribution in [3.63, 3.8) is 0 Å². The van der Waals surface area contributed by atoms with E-state index in [-0.39, 0.29) is 28.0 Å². The van der Waals surface area contributed by atoms with Crippen LogP contribution >= 0.6 is 11.6 Å². The lowest BCUT2D eigenvalue weighted by molar-refractivity contribution is -0.0132. The van der Waals surface area contributed by atoms with Crippen molar-refractivity contribution in [2.75, 3.05) is 43.1 Å². The number of nitrogens with zero attached hydrogens (tertiary/aromatic N) is 5. The summed E-state index contributed by atoms with van der Waals surface area (Å²) in [6.45, 7) is 9.67. The van der Waals surface area contributed by atoms with Crippen LogP contribution in [-0.2, 0) is 10.2 Å². The van der Waals surface area contributed by atoms with E-state index in [0.717, 1.165) is 24.2 Å². The van der Waals surface area contributed by atoms with Crippen LogP contribution in [-0.4, -0.2) is 76.8 Å². The maximum Gasteiger partial charge on any atom is 0.337 e. The Kier molecular flexibility index (Phi) is 7.12. The first-order valence-electron chi connectivity index (χ1n) is 14.4. The first-order chi connectivity index (χ1) is 20.3. The van der Waals surface area contributed by atoms with E-state index in [1.807, 2.05) is 24.8 Å². The highest BCUT2D eigenvalue weighted by atomic mass is 35.5. The van der Waals surface area contributed by atoms with Gasteiger partial charge in [-0.15, -0.1) is 0 Å². The molecular weight excluding hydrogens is 573 g/mol. The van der Waals surface area contributed by atoms with Crippen molar-refractivity contribution in [3.05, 3.63) is 75.4 Å². The van der Waals surface area contributed by atoms with Gasteiger partial charge < -0.3 is 24.5 Å². The van der Waals surface area contributed by atoms with Crippen molar-refractivity contribution < 1.29 is 23.8 Å². The summed E-state index contributed by atoms with van der Waals surface area (Å²) < 4.78 is 20.0. The number of aromatic nitrogens is 2. The number of fused-ring (bicyclic) bond motifs is 2. The van der Waals surface area contributed by atoms with E-state index in [0.29, 0.717) is 54.6 Å². The van der Waals surface area contributed by atoms with Crippen LogP contribution in [0.3, 0.4) is 0 Å². The van der Waals surface area contributed by atoms with Crippen molar-refractivity contribution in [3.8, 4) is 0 Å². The Labute approximate surface area is 255 Å². The zero-order chi connectivity index (χ0) is 30.8. The third-order valence-corrected chi connectivity index (χ3v) is 9.51. The van der Waals surface area contributed by atoms with Gasteiger partial charge in [0, 0.05) is 44.4 Å². The molecule has 9 nitrogen and oxygen atoms in total. The SMILES string of the molecule is COC1CC2(C1)CN(c1ccc(Cl)c(F)c1)c1ccc(C(=O)N3CCN(c4cc(C)c(C(=O)O)c(C)n4)CC3(C)C)nc12. The van der Waals surface area contributed by atoms with E-state index in [1.165, 1.54) is 6.07 Å². The molecule has 1 spiro atoms. The summed E-state index contributed by atoms with van der Waals surface area (Å²) in [4.78, 5) is 41.2. The minimum absolute atomic E-state index is 0.0704. The highest BCUT2D eigenvalue weighted by molar-refractivity contribution is 6.30. The summed E-state index contributed by atoms with van der Waals surface area (Å²) >= 11 is 5.96. The van der Waals surface area contributed by atoms with Crippen molar-refractivity contribution >= 4 is 40.7 Å². The van der Waals surface area contributed by atoms with Crippen LogP contribution in [0, 0.1) is 19.7 Å². The highest BCUT2D eigenvalue weighted by Crippen LogP contribution is 2.54. The molecule has 1 saturated carbocycles. The monoisotopic (exact) mass is 607 g/mol. The van der Waals surface area contributed by atoms with Gasteiger partial charge in [-0.25, -0.2) is 19.2 Å². The third-order valence-electron chi connectivity index (χ3n) is 9.20. The maximum atomic E-state index is 14.4. The number of hydrogen-bond donors (Lipinski definition) is 1. The van der Waals surface area contributed by atoms with E-state index in [1.54, 1.807) is 45.2 Å². The fourth-order valence-electron chi connectivity index (χ4n) is 6.99. The van der Waals surface area contributed by atoms with Gasteiger partial charge in [0.2, 0.25) is 0 Å². The van der Waals surface area contributed by atoms with Gasteiger partial charge in [0.05, 0.1) is 39.3 Å². The zero-order valence-electron chi connectivity index (χ0n) is 24.9. The molecule has 3 aliphatic rings. The number of ether oxygens (including phenoxy) is 1. The highest BCUT2D eigenvalue weighted by Gasteiger charge is 2.54. The molecule has 4 heterocycles. The van der Waals surface area contributed by atoms with Crippen LogP contribution in [0.25, 0.3) is 0 Å². The average Bonchev–Trinajstić information content (AvgIpc) is 3.27. The second-order valence-corrected chi connectivity index (χ2v) is 13.0. The summed E-state index contributed by atoms with van der Waals surface area (Å²) in [5, 5.41) is 9.60. The van der Waals surface area contributed by atoms with Crippen LogP contribution < -0.4 is 9.80 Å². The number of carbonyl (C=O) groups excluding carboxylic acids is 1. The van der Waals surface area contributed by atoms with Crippen LogP contribution in [0.2, 0.25) is 5.02 Å². The fraction of sp³-hybridized carbons (Fsp3) is 0.438. The van der Waals surface area contributed by atoms with Gasteiger partial charge in [-0.2, -0.15) is 0 Å². The van der Waals surface area contributed by atoms with Gasteiger partial charge in [0.15, 0.2) is 0 Å². The van der Waals surface area contributed by atoms with E-state index in [9.17, 15) is 19.1 Å². The van der Waals surface area contributed by atoms with Gasteiger partial charge in [-0.3, -0.25) is 4.79 Å². The van der Waals surface area contributed by atoms with Crippen LogP contribution in [0.15, 0.2) is 36.4 Å². The standard InChI is InChI=1S/C32H35ClFN5O4/c1-18-12-26(35-19(2)27(18)30(41)42)37-10-11-39(31(3,4)16-37)29(40)24-8-9-25-28(36-24)32(14-21(15-32)43-5)17-38(25)20-6-7-22(33)23(34)13-20/h6-9,12-13,21H,10-11,14-17H2,1-5H3,(H,41,42). The lowest BCUT2D eigenvalue weighted by Gasteiger charge is -2.47. The Morgan fingerprint density at radius 1 is 1.07 bits per heavy atom. The van der Waals surface area contributed by atoms with Crippen LogP contribution in [0.1, 0.15) is 64.5 Å². The lowest BCUT2D eigenvalue weighted by atomic mass is 9.65. The molecule has 43 heavy (non-hydrogen) atoms.